The maximum Gasteiger partial charge on any atom is 0.356 e. The first-order valence-electron chi connectivity index (χ1n) is 1.39. The van der Waals surface area contributed by atoms with Gasteiger partial charge < -0.3 is 4.43 Å². The Labute approximate surface area is 38.9 Å². The van der Waals surface area contributed by atoms with Crippen molar-refractivity contribution in [2.24, 2.45) is 0 Å². The molecule has 5 heavy (non-hydrogen) atoms. The van der Waals surface area contributed by atoms with E-state index >= 15 is 0 Å². The Bertz CT molecular complexity index is 17.1. The lowest BCUT2D eigenvalue weighted by Gasteiger charge is -1.81. The Morgan fingerprint density at radius 1 is 2.00 bits per heavy atom. The van der Waals surface area contributed by atoms with Crippen LogP contribution in [0.25, 0.3) is 0 Å². The Kier molecular flexibility index (Phi) is 4.88. The molecule has 0 aromatic heterocycles. The van der Waals surface area contributed by atoms with Gasteiger partial charge >= 0.3 is 9.07 Å². The van der Waals surface area contributed by atoms with Crippen LogP contribution in [0.3, 0.4) is 0 Å². The average Bonchev–Trinajstić information content (AvgIpc) is 1.41. The van der Waals surface area contributed by atoms with Crippen molar-refractivity contribution in [2.45, 2.75) is 6.92 Å². The molecule has 0 fully saturated rings. The normalized spacial score (nSPS) is 8.40. The van der Waals surface area contributed by atoms with E-state index in [1.807, 2.05) is 6.92 Å². The van der Waals surface area contributed by atoms with E-state index in [1.54, 1.807) is 0 Å². The summed E-state index contributed by atoms with van der Waals surface area (Å²) in [6.45, 7) is 2.64. The molecule has 0 aliphatic carbocycles. The van der Waals surface area contributed by atoms with Gasteiger partial charge in [-0.1, -0.05) is 0 Å². The van der Waals surface area contributed by atoms with Crippen LogP contribution in [-0.4, -0.2) is 15.7 Å². The van der Waals surface area contributed by atoms with Crippen molar-refractivity contribution in [2.75, 3.05) is 6.61 Å². The van der Waals surface area contributed by atoms with Gasteiger partial charge in [0.15, 0.2) is 0 Å². The molecule has 1 nitrogen and oxygen atoms in total. The fourth-order valence-electron chi connectivity index (χ4n) is 0.0546. The third-order valence-corrected chi connectivity index (χ3v) is 0.924. The molecule has 0 aromatic rings. The van der Waals surface area contributed by atoms with Crippen LogP contribution in [0.5, 0.6) is 0 Å². The molecule has 3 heteroatoms. The van der Waals surface area contributed by atoms with Crippen LogP contribution >= 0.6 is 11.1 Å². The van der Waals surface area contributed by atoms with Gasteiger partial charge in [0.05, 0.1) is 0 Å². The predicted molar refractivity (Wildman–Crippen MR) is 23.2 cm³/mol. The second-order valence-corrected chi connectivity index (χ2v) is 1.42. The van der Waals surface area contributed by atoms with Crippen molar-refractivity contribution >= 4 is 20.2 Å². The quantitative estimate of drug-likeness (QED) is 0.376. The van der Waals surface area contributed by atoms with Gasteiger partial charge in [0.1, 0.15) is 0 Å². The molecule has 0 aliphatic heterocycles. The number of halogens is 1. The summed E-state index contributed by atoms with van der Waals surface area (Å²) in [7, 11) is 0.130. The molecular weight excluding hydrogens is 104 g/mol. The van der Waals surface area contributed by atoms with Crippen molar-refractivity contribution in [1.82, 2.24) is 0 Å². The minimum Gasteiger partial charge on any atom is -0.403 e. The van der Waals surface area contributed by atoms with Crippen LogP contribution in [-0.2, 0) is 4.43 Å². The third-order valence-electron chi connectivity index (χ3n) is 0.199. The first-order chi connectivity index (χ1) is 2.41. The van der Waals surface area contributed by atoms with E-state index in [2.05, 4.69) is 4.43 Å². The summed E-state index contributed by atoms with van der Waals surface area (Å²) in [4.78, 5) is 0. The maximum atomic E-state index is 5.11. The first kappa shape index (κ1) is 5.47. The van der Waals surface area contributed by atoms with Crippen LogP contribution in [0.4, 0.5) is 0 Å². The van der Waals surface area contributed by atoms with Crippen LogP contribution in [0.1, 0.15) is 6.92 Å². The van der Waals surface area contributed by atoms with Gasteiger partial charge in [0, 0.05) is 6.61 Å². The van der Waals surface area contributed by atoms with Gasteiger partial charge in [-0.05, 0) is 6.92 Å². The summed E-state index contributed by atoms with van der Waals surface area (Å²) in [6.07, 6.45) is 0. The zero-order valence-corrected chi connectivity index (χ0v) is 4.75. The second kappa shape index (κ2) is 4.47. The van der Waals surface area contributed by atoms with Crippen LogP contribution < -0.4 is 0 Å². The zero-order chi connectivity index (χ0) is 4.12. The van der Waals surface area contributed by atoms with Crippen molar-refractivity contribution in [1.29, 1.82) is 0 Å². The van der Waals surface area contributed by atoms with Crippen molar-refractivity contribution in [3.8, 4) is 0 Å². The van der Waals surface area contributed by atoms with Gasteiger partial charge in [0.2, 0.25) is 0 Å². The van der Waals surface area contributed by atoms with E-state index in [1.165, 1.54) is 0 Å². The van der Waals surface area contributed by atoms with E-state index in [0.717, 1.165) is 6.61 Å². The monoisotopic (exact) mass is 108 g/mol. The molecule has 0 spiro atoms. The SMILES string of the molecule is CCO[Si]Cl. The largest absolute Gasteiger partial charge is 0.403 e. The Morgan fingerprint density at radius 3 is 2.60 bits per heavy atom. The highest BCUT2D eigenvalue weighted by atomic mass is 35.6. The minimum atomic E-state index is 0.130. The summed E-state index contributed by atoms with van der Waals surface area (Å²) in [6, 6.07) is 0. The van der Waals surface area contributed by atoms with Gasteiger partial charge in [-0.3, -0.25) is 0 Å². The highest BCUT2D eigenvalue weighted by Crippen LogP contribution is 1.69. The molecule has 0 heterocycles. The van der Waals surface area contributed by atoms with Gasteiger partial charge in [-0.2, -0.15) is 0 Å². The van der Waals surface area contributed by atoms with E-state index in [0.29, 0.717) is 0 Å². The van der Waals surface area contributed by atoms with Gasteiger partial charge in [0.25, 0.3) is 0 Å². The summed E-state index contributed by atoms with van der Waals surface area (Å²) in [5, 5.41) is 0. The van der Waals surface area contributed by atoms with E-state index < -0.39 is 0 Å². The fraction of sp³-hybridized carbons (Fsp3) is 1.00. The molecule has 0 bridgehead atoms. The van der Waals surface area contributed by atoms with Crippen LogP contribution in [0.15, 0.2) is 0 Å². The molecule has 0 aromatic carbocycles. The molecule has 0 atom stereocenters. The molecule has 0 saturated carbocycles. The number of hydrogen-bond donors (Lipinski definition) is 0. The Morgan fingerprint density at radius 2 is 2.60 bits per heavy atom. The molecule has 0 N–H and O–H groups in total. The topological polar surface area (TPSA) is 9.23 Å². The maximum absolute atomic E-state index is 5.11. The summed E-state index contributed by atoms with van der Waals surface area (Å²) in [5.41, 5.74) is 0. The molecule has 0 unspecified atom stereocenters. The predicted octanol–water partition coefficient (Wildman–Crippen LogP) is 0.796. The van der Waals surface area contributed by atoms with Crippen LogP contribution in [0.2, 0.25) is 0 Å². The Hall–Kier alpha value is 0.467. The smallest absolute Gasteiger partial charge is 0.356 e. The van der Waals surface area contributed by atoms with Crippen molar-refractivity contribution in [3.63, 3.8) is 0 Å². The standard InChI is InChI=1S/C2H5ClOSi/c1-2-4-5-3/h2H2,1H3. The zero-order valence-electron chi connectivity index (χ0n) is 2.99. The van der Waals surface area contributed by atoms with Crippen molar-refractivity contribution < 1.29 is 4.43 Å². The highest BCUT2D eigenvalue weighted by Gasteiger charge is 1.72. The third kappa shape index (κ3) is 4.47. The summed E-state index contributed by atoms with van der Waals surface area (Å²) in [5.74, 6) is 0. The Balaban J connectivity index is 2.19. The summed E-state index contributed by atoms with van der Waals surface area (Å²) < 4.78 is 4.63. The minimum absolute atomic E-state index is 0.130. The molecule has 30 valence electrons. The molecule has 0 saturated heterocycles. The number of rotatable bonds is 2. The molecule has 0 aliphatic rings. The molecule has 2 radical (unpaired) electrons. The molecule has 0 amide bonds. The molecule has 0 rings (SSSR count). The van der Waals surface area contributed by atoms with E-state index in [9.17, 15) is 0 Å². The van der Waals surface area contributed by atoms with E-state index in [-0.39, 0.29) is 9.07 Å². The summed E-state index contributed by atoms with van der Waals surface area (Å²) >= 11 is 5.11. The lowest BCUT2D eigenvalue weighted by Crippen LogP contribution is -1.86. The molecular formula is C2H5ClOSi. The lowest BCUT2D eigenvalue weighted by molar-refractivity contribution is 0.371. The van der Waals surface area contributed by atoms with Crippen LogP contribution in [0, 0.1) is 0 Å². The first-order valence-corrected chi connectivity index (χ1v) is 3.31. The van der Waals surface area contributed by atoms with Gasteiger partial charge in [-0.15, -0.1) is 11.1 Å². The lowest BCUT2D eigenvalue weighted by atomic mass is 10.9. The van der Waals surface area contributed by atoms with Gasteiger partial charge in [-0.25, -0.2) is 0 Å². The van der Waals surface area contributed by atoms with E-state index in [4.69, 9.17) is 11.1 Å². The fourth-order valence-corrected chi connectivity index (χ4v) is 0.491. The van der Waals surface area contributed by atoms with Crippen molar-refractivity contribution in [3.05, 3.63) is 0 Å². The number of hydrogen-bond acceptors (Lipinski definition) is 1. The second-order valence-electron chi connectivity index (χ2n) is 0.510. The average molecular weight is 109 g/mol. The highest BCUT2D eigenvalue weighted by molar-refractivity contribution is 6.89.